The normalized spacial score (nSPS) is 37.8. The van der Waals surface area contributed by atoms with E-state index in [9.17, 15) is 0 Å². The second-order valence-electron chi connectivity index (χ2n) is 4.76. The van der Waals surface area contributed by atoms with Crippen LogP contribution in [-0.2, 0) is 9.47 Å². The van der Waals surface area contributed by atoms with Crippen LogP contribution in [0.15, 0.2) is 0 Å². The maximum Gasteiger partial charge on any atom is 0.157 e. The zero-order valence-corrected chi connectivity index (χ0v) is 9.36. The molecule has 88 valence electrons. The number of hydrogen-bond acceptors (Lipinski definition) is 3. The van der Waals surface area contributed by atoms with E-state index < -0.39 is 0 Å². The first-order valence-electron chi connectivity index (χ1n) is 6.26. The van der Waals surface area contributed by atoms with Gasteiger partial charge in [0.25, 0.3) is 0 Å². The van der Waals surface area contributed by atoms with Gasteiger partial charge in [-0.3, -0.25) is 0 Å². The van der Waals surface area contributed by atoms with Crippen molar-refractivity contribution in [2.75, 3.05) is 13.2 Å². The van der Waals surface area contributed by atoms with Gasteiger partial charge in [0.15, 0.2) is 6.29 Å². The van der Waals surface area contributed by atoms with Crippen LogP contribution in [0.25, 0.3) is 0 Å². The number of aliphatic hydroxyl groups is 1. The molecule has 1 aliphatic heterocycles. The maximum atomic E-state index is 9.03. The van der Waals surface area contributed by atoms with Crippen LogP contribution in [0.1, 0.15) is 44.9 Å². The van der Waals surface area contributed by atoms with Crippen LogP contribution >= 0.6 is 0 Å². The van der Waals surface area contributed by atoms with Crippen molar-refractivity contribution in [1.29, 1.82) is 0 Å². The molecule has 0 bridgehead atoms. The van der Waals surface area contributed by atoms with E-state index in [1.165, 1.54) is 12.8 Å². The fraction of sp³-hybridized carbons (Fsp3) is 1.00. The van der Waals surface area contributed by atoms with Crippen LogP contribution in [0.5, 0.6) is 0 Å². The third-order valence-corrected chi connectivity index (χ3v) is 3.53. The molecule has 1 atom stereocenters. The number of hydrogen-bond donors (Lipinski definition) is 1. The highest BCUT2D eigenvalue weighted by molar-refractivity contribution is 4.73. The molecule has 1 aliphatic carbocycles. The molecule has 1 saturated carbocycles. The van der Waals surface area contributed by atoms with Gasteiger partial charge in [-0.25, -0.2) is 0 Å². The quantitative estimate of drug-likeness (QED) is 0.781. The van der Waals surface area contributed by atoms with Crippen molar-refractivity contribution in [3.8, 4) is 0 Å². The molecule has 0 unspecified atom stereocenters. The van der Waals surface area contributed by atoms with E-state index in [1.54, 1.807) is 0 Å². The second-order valence-corrected chi connectivity index (χ2v) is 4.76. The number of rotatable bonds is 3. The predicted molar refractivity (Wildman–Crippen MR) is 57.5 cm³/mol. The molecule has 15 heavy (non-hydrogen) atoms. The largest absolute Gasteiger partial charge is 0.396 e. The zero-order chi connectivity index (χ0) is 10.5. The zero-order valence-electron chi connectivity index (χ0n) is 9.36. The first-order valence-corrected chi connectivity index (χ1v) is 6.26. The summed E-state index contributed by atoms with van der Waals surface area (Å²) in [4.78, 5) is 0. The summed E-state index contributed by atoms with van der Waals surface area (Å²) < 4.78 is 11.5. The number of aliphatic hydroxyl groups excluding tert-OH is 1. The molecular formula is C12H22O3. The van der Waals surface area contributed by atoms with Gasteiger partial charge in [0.1, 0.15) is 0 Å². The summed E-state index contributed by atoms with van der Waals surface area (Å²) in [7, 11) is 0. The molecule has 1 heterocycles. The van der Waals surface area contributed by atoms with Crippen LogP contribution in [0, 0.1) is 5.92 Å². The SMILES string of the molecule is OCC1CCC(O[C@H]2CCCCO2)CC1. The van der Waals surface area contributed by atoms with Crippen molar-refractivity contribution in [3.63, 3.8) is 0 Å². The third kappa shape index (κ3) is 3.44. The van der Waals surface area contributed by atoms with Gasteiger partial charge in [-0.1, -0.05) is 0 Å². The molecule has 2 fully saturated rings. The molecule has 1 N–H and O–H groups in total. The monoisotopic (exact) mass is 214 g/mol. The standard InChI is InChI=1S/C12H22O3/c13-9-10-4-6-11(7-5-10)15-12-3-1-2-8-14-12/h10-13H,1-9H2/t10?,11?,12-/m0/s1. The van der Waals surface area contributed by atoms with Crippen molar-refractivity contribution in [2.24, 2.45) is 5.92 Å². The van der Waals surface area contributed by atoms with E-state index in [0.29, 0.717) is 18.6 Å². The Morgan fingerprint density at radius 3 is 2.47 bits per heavy atom. The maximum absolute atomic E-state index is 9.03. The molecule has 2 rings (SSSR count). The molecule has 0 aromatic heterocycles. The van der Waals surface area contributed by atoms with Crippen LogP contribution in [0.2, 0.25) is 0 Å². The average Bonchev–Trinajstić information content (AvgIpc) is 2.31. The molecule has 3 nitrogen and oxygen atoms in total. The van der Waals surface area contributed by atoms with Gasteiger partial charge in [0.2, 0.25) is 0 Å². The van der Waals surface area contributed by atoms with Crippen molar-refractivity contribution < 1.29 is 14.6 Å². The first-order chi connectivity index (χ1) is 7.38. The van der Waals surface area contributed by atoms with Crippen molar-refractivity contribution in [2.45, 2.75) is 57.3 Å². The summed E-state index contributed by atoms with van der Waals surface area (Å²) in [5, 5.41) is 9.03. The highest BCUT2D eigenvalue weighted by Gasteiger charge is 2.24. The van der Waals surface area contributed by atoms with Crippen LogP contribution in [0.4, 0.5) is 0 Å². The van der Waals surface area contributed by atoms with Gasteiger partial charge >= 0.3 is 0 Å². The summed E-state index contributed by atoms with van der Waals surface area (Å²) in [5.41, 5.74) is 0. The summed E-state index contributed by atoms with van der Waals surface area (Å²) >= 11 is 0. The van der Waals surface area contributed by atoms with Crippen molar-refractivity contribution >= 4 is 0 Å². The Labute approximate surface area is 91.8 Å². The highest BCUT2D eigenvalue weighted by Crippen LogP contribution is 2.28. The van der Waals surface area contributed by atoms with Crippen LogP contribution < -0.4 is 0 Å². The van der Waals surface area contributed by atoms with Crippen molar-refractivity contribution in [1.82, 2.24) is 0 Å². The van der Waals surface area contributed by atoms with Gasteiger partial charge in [0, 0.05) is 13.2 Å². The molecule has 3 heteroatoms. The van der Waals surface area contributed by atoms with E-state index >= 15 is 0 Å². The average molecular weight is 214 g/mol. The molecule has 2 aliphatic rings. The van der Waals surface area contributed by atoms with Crippen LogP contribution in [-0.4, -0.2) is 30.7 Å². The van der Waals surface area contributed by atoms with Gasteiger partial charge in [0.05, 0.1) is 6.10 Å². The molecule has 0 spiro atoms. The second kappa shape index (κ2) is 5.83. The predicted octanol–water partition coefficient (Wildman–Crippen LogP) is 2.08. The van der Waals surface area contributed by atoms with E-state index in [0.717, 1.165) is 38.7 Å². The third-order valence-electron chi connectivity index (χ3n) is 3.53. The first kappa shape index (κ1) is 11.4. The number of ether oxygens (including phenoxy) is 2. The smallest absolute Gasteiger partial charge is 0.157 e. The lowest BCUT2D eigenvalue weighted by molar-refractivity contribution is -0.194. The van der Waals surface area contributed by atoms with Gasteiger partial charge in [-0.2, -0.15) is 0 Å². The Balaban J connectivity index is 1.67. The molecule has 0 aromatic carbocycles. The Morgan fingerprint density at radius 1 is 1.07 bits per heavy atom. The van der Waals surface area contributed by atoms with E-state index in [2.05, 4.69) is 0 Å². The van der Waals surface area contributed by atoms with Gasteiger partial charge in [-0.15, -0.1) is 0 Å². The minimum absolute atomic E-state index is 0.0504. The molecular weight excluding hydrogens is 192 g/mol. The topological polar surface area (TPSA) is 38.7 Å². The summed E-state index contributed by atoms with van der Waals surface area (Å²) in [6.45, 7) is 1.20. The highest BCUT2D eigenvalue weighted by atomic mass is 16.7. The molecule has 1 saturated heterocycles. The Kier molecular flexibility index (Phi) is 4.42. The van der Waals surface area contributed by atoms with Crippen LogP contribution in [0.3, 0.4) is 0 Å². The summed E-state index contributed by atoms with van der Waals surface area (Å²) in [6.07, 6.45) is 8.27. The summed E-state index contributed by atoms with van der Waals surface area (Å²) in [5.74, 6) is 0.511. The molecule has 0 amide bonds. The molecule has 0 radical (unpaired) electrons. The fourth-order valence-electron chi connectivity index (χ4n) is 2.48. The lowest BCUT2D eigenvalue weighted by Gasteiger charge is -2.32. The Morgan fingerprint density at radius 2 is 1.87 bits per heavy atom. The van der Waals surface area contributed by atoms with E-state index in [-0.39, 0.29) is 6.29 Å². The molecule has 0 aromatic rings. The lowest BCUT2D eigenvalue weighted by Crippen LogP contribution is -2.31. The van der Waals surface area contributed by atoms with Gasteiger partial charge < -0.3 is 14.6 Å². The lowest BCUT2D eigenvalue weighted by atomic mass is 9.88. The summed E-state index contributed by atoms with van der Waals surface area (Å²) in [6, 6.07) is 0. The Hall–Kier alpha value is -0.120. The van der Waals surface area contributed by atoms with E-state index in [4.69, 9.17) is 14.6 Å². The minimum Gasteiger partial charge on any atom is -0.396 e. The minimum atomic E-state index is 0.0504. The fourth-order valence-corrected chi connectivity index (χ4v) is 2.48. The van der Waals surface area contributed by atoms with E-state index in [1.807, 2.05) is 0 Å². The van der Waals surface area contributed by atoms with Crippen molar-refractivity contribution in [3.05, 3.63) is 0 Å². The van der Waals surface area contributed by atoms with Gasteiger partial charge in [-0.05, 0) is 50.9 Å². The Bertz CT molecular complexity index is 170.